The molecule has 0 atom stereocenters. The minimum absolute atomic E-state index is 0.175. The number of nitrogens with zero attached hydrogens (tertiary/aromatic N) is 6. The maximum absolute atomic E-state index is 11.1. The number of imidazole rings is 1. The Bertz CT molecular complexity index is 901. The van der Waals surface area contributed by atoms with E-state index in [2.05, 4.69) is 15.2 Å². The van der Waals surface area contributed by atoms with Crippen LogP contribution in [0.25, 0.3) is 11.4 Å². The van der Waals surface area contributed by atoms with Crippen LogP contribution in [-0.4, -0.2) is 29.2 Å². The third-order valence-corrected chi connectivity index (χ3v) is 4.79. The molecule has 24 heavy (non-hydrogen) atoms. The average Bonchev–Trinajstić information content (AvgIpc) is 3.12. The zero-order valence-corrected chi connectivity index (χ0v) is 14.3. The van der Waals surface area contributed by atoms with E-state index in [4.69, 9.17) is 0 Å². The van der Waals surface area contributed by atoms with Gasteiger partial charge in [0, 0.05) is 19.2 Å². The summed E-state index contributed by atoms with van der Waals surface area (Å²) in [4.78, 5) is 14.5. The normalized spacial score (nSPS) is 11.0. The molecule has 9 heteroatoms. The van der Waals surface area contributed by atoms with Gasteiger partial charge in [-0.05, 0) is 41.1 Å². The first-order valence-corrected chi connectivity index (χ1v) is 8.17. The molecule has 0 amide bonds. The van der Waals surface area contributed by atoms with Gasteiger partial charge in [0.15, 0.2) is 16.0 Å². The first-order valence-electron chi connectivity index (χ1n) is 7.35. The summed E-state index contributed by atoms with van der Waals surface area (Å²) in [6, 6.07) is 7.94. The van der Waals surface area contributed by atoms with E-state index in [0.29, 0.717) is 16.7 Å². The fourth-order valence-corrected chi connectivity index (χ4v) is 3.40. The fraction of sp³-hybridized carbons (Fsp3) is 0.267. The van der Waals surface area contributed by atoms with E-state index < -0.39 is 4.92 Å². The van der Waals surface area contributed by atoms with Crippen molar-refractivity contribution in [3.8, 4) is 11.4 Å². The van der Waals surface area contributed by atoms with Crippen LogP contribution in [-0.2, 0) is 13.6 Å². The van der Waals surface area contributed by atoms with Crippen molar-refractivity contribution in [3.63, 3.8) is 0 Å². The minimum atomic E-state index is -0.489. The van der Waals surface area contributed by atoms with Crippen LogP contribution in [0.15, 0.2) is 40.8 Å². The van der Waals surface area contributed by atoms with Crippen LogP contribution in [0.4, 0.5) is 5.82 Å². The van der Waals surface area contributed by atoms with Gasteiger partial charge >= 0.3 is 5.82 Å². The molecule has 2 heterocycles. The van der Waals surface area contributed by atoms with Gasteiger partial charge in [0.25, 0.3) is 0 Å². The summed E-state index contributed by atoms with van der Waals surface area (Å²) in [5, 5.41) is 20.7. The molecule has 3 aromatic rings. The Morgan fingerprint density at radius 3 is 2.71 bits per heavy atom. The number of aryl methyl sites for hydroxylation is 2. The second-order valence-electron chi connectivity index (χ2n) is 5.21. The number of aromatic nitrogens is 5. The summed E-state index contributed by atoms with van der Waals surface area (Å²) >= 11 is 1.20. The molecule has 0 aliphatic rings. The Kier molecular flexibility index (Phi) is 4.34. The van der Waals surface area contributed by atoms with Gasteiger partial charge in [-0.25, -0.2) is 0 Å². The van der Waals surface area contributed by atoms with E-state index in [1.54, 1.807) is 11.6 Å². The minimum Gasteiger partial charge on any atom is -0.358 e. The van der Waals surface area contributed by atoms with E-state index in [9.17, 15) is 10.1 Å². The maximum atomic E-state index is 11.1. The van der Waals surface area contributed by atoms with E-state index >= 15 is 0 Å². The molecule has 0 bridgehead atoms. The van der Waals surface area contributed by atoms with E-state index in [-0.39, 0.29) is 5.82 Å². The molecule has 0 fully saturated rings. The molecule has 3 rings (SSSR count). The topological polar surface area (TPSA) is 91.7 Å². The van der Waals surface area contributed by atoms with Crippen molar-refractivity contribution in [1.82, 2.24) is 24.3 Å². The highest BCUT2D eigenvalue weighted by Gasteiger charge is 2.24. The highest BCUT2D eigenvalue weighted by atomic mass is 32.2. The van der Waals surface area contributed by atoms with Crippen LogP contribution in [0.3, 0.4) is 0 Å². The van der Waals surface area contributed by atoms with Gasteiger partial charge in [-0.1, -0.05) is 24.3 Å². The van der Waals surface area contributed by atoms with Crippen LogP contribution in [0.1, 0.15) is 12.5 Å². The second kappa shape index (κ2) is 6.44. The number of nitro groups is 1. The van der Waals surface area contributed by atoms with Gasteiger partial charge in [-0.3, -0.25) is 0 Å². The summed E-state index contributed by atoms with van der Waals surface area (Å²) in [6.07, 6.45) is 1.43. The molecule has 0 aliphatic carbocycles. The van der Waals surface area contributed by atoms with Crippen LogP contribution in [0.5, 0.6) is 0 Å². The predicted molar refractivity (Wildman–Crippen MR) is 89.9 cm³/mol. The summed E-state index contributed by atoms with van der Waals surface area (Å²) in [5.41, 5.74) is 2.10. The highest BCUT2D eigenvalue weighted by Crippen LogP contribution is 2.34. The molecule has 0 N–H and O–H groups in total. The predicted octanol–water partition coefficient (Wildman–Crippen LogP) is 3.07. The zero-order chi connectivity index (χ0) is 17.3. The van der Waals surface area contributed by atoms with Crippen molar-refractivity contribution in [2.24, 2.45) is 7.05 Å². The fourth-order valence-electron chi connectivity index (χ4n) is 2.41. The van der Waals surface area contributed by atoms with Crippen molar-refractivity contribution in [3.05, 3.63) is 46.3 Å². The lowest BCUT2D eigenvalue weighted by atomic mass is 10.1. The third-order valence-electron chi connectivity index (χ3n) is 3.64. The van der Waals surface area contributed by atoms with E-state index in [1.165, 1.54) is 18.1 Å². The highest BCUT2D eigenvalue weighted by molar-refractivity contribution is 7.99. The molecule has 0 radical (unpaired) electrons. The molecule has 0 saturated carbocycles. The van der Waals surface area contributed by atoms with Crippen molar-refractivity contribution < 1.29 is 4.92 Å². The van der Waals surface area contributed by atoms with Crippen LogP contribution in [0.2, 0.25) is 0 Å². The molecular formula is C15H16N6O2S. The lowest BCUT2D eigenvalue weighted by Crippen LogP contribution is -2.02. The van der Waals surface area contributed by atoms with Gasteiger partial charge in [-0.15, -0.1) is 10.2 Å². The lowest BCUT2D eigenvalue weighted by Gasteiger charge is -2.09. The standard InChI is InChI=1S/C15H16N6O2S/c1-4-20-12(11-8-6-5-7-10(11)2)17-18-15(20)24-14-13(21(22)23)16-9-19(14)3/h5-9H,4H2,1-3H3. The maximum Gasteiger partial charge on any atom is 0.396 e. The molecule has 1 aromatic carbocycles. The summed E-state index contributed by atoms with van der Waals surface area (Å²) in [5.74, 6) is 0.577. The second-order valence-corrected chi connectivity index (χ2v) is 6.16. The number of rotatable bonds is 5. The molecule has 0 saturated heterocycles. The Balaban J connectivity index is 2.04. The average molecular weight is 344 g/mol. The Morgan fingerprint density at radius 1 is 1.29 bits per heavy atom. The molecule has 0 spiro atoms. The summed E-state index contributed by atoms with van der Waals surface area (Å²) in [7, 11) is 1.72. The first-order chi connectivity index (χ1) is 11.5. The number of hydrogen-bond donors (Lipinski definition) is 0. The first kappa shape index (κ1) is 16.2. The van der Waals surface area contributed by atoms with Crippen LogP contribution in [0, 0.1) is 17.0 Å². The van der Waals surface area contributed by atoms with Gasteiger partial charge in [0.05, 0.1) is 0 Å². The quantitative estimate of drug-likeness (QED) is 0.522. The van der Waals surface area contributed by atoms with Crippen molar-refractivity contribution in [2.45, 2.75) is 30.6 Å². The molecule has 124 valence electrons. The lowest BCUT2D eigenvalue weighted by molar-refractivity contribution is -0.392. The van der Waals surface area contributed by atoms with Crippen LogP contribution >= 0.6 is 11.8 Å². The Hall–Kier alpha value is -2.68. The van der Waals surface area contributed by atoms with Gasteiger partial charge in [-0.2, -0.15) is 0 Å². The van der Waals surface area contributed by atoms with Gasteiger partial charge in [0.2, 0.25) is 6.33 Å². The van der Waals surface area contributed by atoms with E-state index in [1.807, 2.05) is 42.7 Å². The summed E-state index contributed by atoms with van der Waals surface area (Å²) in [6.45, 7) is 4.67. The monoisotopic (exact) mass is 344 g/mol. The Labute approximate surface area is 142 Å². The zero-order valence-electron chi connectivity index (χ0n) is 13.5. The molecular weight excluding hydrogens is 328 g/mol. The van der Waals surface area contributed by atoms with Gasteiger partial charge in [0.1, 0.15) is 0 Å². The van der Waals surface area contributed by atoms with E-state index in [0.717, 1.165) is 17.0 Å². The molecule has 8 nitrogen and oxygen atoms in total. The molecule has 0 unspecified atom stereocenters. The number of hydrogen-bond acceptors (Lipinski definition) is 6. The van der Waals surface area contributed by atoms with Crippen molar-refractivity contribution in [1.29, 1.82) is 0 Å². The van der Waals surface area contributed by atoms with Gasteiger partial charge < -0.3 is 19.2 Å². The Morgan fingerprint density at radius 2 is 2.04 bits per heavy atom. The molecule has 0 aliphatic heterocycles. The number of benzene rings is 1. The molecule has 2 aromatic heterocycles. The SMILES string of the molecule is CCn1c(Sc2c([N+](=O)[O-])ncn2C)nnc1-c1ccccc1C. The largest absolute Gasteiger partial charge is 0.396 e. The smallest absolute Gasteiger partial charge is 0.358 e. The third kappa shape index (κ3) is 2.78. The van der Waals surface area contributed by atoms with Crippen LogP contribution < -0.4 is 0 Å². The van der Waals surface area contributed by atoms with Crippen molar-refractivity contribution >= 4 is 17.6 Å². The summed E-state index contributed by atoms with van der Waals surface area (Å²) < 4.78 is 3.56. The van der Waals surface area contributed by atoms with Crippen molar-refractivity contribution in [2.75, 3.05) is 0 Å².